The van der Waals surface area contributed by atoms with Gasteiger partial charge >= 0.3 is 0 Å². The third-order valence-electron chi connectivity index (χ3n) is 4.93. The van der Waals surface area contributed by atoms with Gasteiger partial charge in [-0.25, -0.2) is 9.37 Å². The summed E-state index contributed by atoms with van der Waals surface area (Å²) < 4.78 is 19.4. The summed E-state index contributed by atoms with van der Waals surface area (Å²) >= 11 is 6.05. The number of hydrogen-bond donors (Lipinski definition) is 0. The highest BCUT2D eigenvalue weighted by molar-refractivity contribution is 6.30. The molecule has 5 rings (SSSR count). The van der Waals surface area contributed by atoms with Crippen molar-refractivity contribution >= 4 is 11.6 Å². The maximum absolute atomic E-state index is 13.5. The molecule has 28 heavy (non-hydrogen) atoms. The Morgan fingerprint density at radius 1 is 0.821 bits per heavy atom. The van der Waals surface area contributed by atoms with Gasteiger partial charge in [0.05, 0.1) is 11.4 Å². The smallest absolute Gasteiger partial charge is 0.129 e. The molecule has 4 aromatic rings. The van der Waals surface area contributed by atoms with E-state index in [0.29, 0.717) is 11.6 Å². The molecule has 1 aromatic heterocycles. The van der Waals surface area contributed by atoms with Crippen LogP contribution in [0.3, 0.4) is 0 Å². The van der Waals surface area contributed by atoms with Crippen molar-refractivity contribution in [1.29, 1.82) is 0 Å². The molecule has 4 heteroatoms. The zero-order valence-corrected chi connectivity index (χ0v) is 15.6. The summed E-state index contributed by atoms with van der Waals surface area (Å²) in [6.45, 7) is 0.424. The summed E-state index contributed by atoms with van der Waals surface area (Å²) in [4.78, 5) is 4.96. The van der Waals surface area contributed by atoms with Crippen molar-refractivity contribution in [2.75, 3.05) is 0 Å². The second-order valence-corrected chi connectivity index (χ2v) is 7.12. The molecule has 0 saturated heterocycles. The summed E-state index contributed by atoms with van der Waals surface area (Å²) in [5, 5.41) is 0.680. The molecule has 0 radical (unpaired) electrons. The number of aromatic nitrogens is 1. The Balaban J connectivity index is 1.78. The predicted octanol–water partition coefficient (Wildman–Crippen LogP) is 6.77. The van der Waals surface area contributed by atoms with Crippen LogP contribution in [0.4, 0.5) is 4.39 Å². The minimum absolute atomic E-state index is 0.258. The number of para-hydroxylation sites is 1. The largest absolute Gasteiger partial charge is 0.488 e. The van der Waals surface area contributed by atoms with Gasteiger partial charge in [0.1, 0.15) is 18.2 Å². The van der Waals surface area contributed by atoms with E-state index in [1.807, 2.05) is 54.6 Å². The molecule has 0 bridgehead atoms. The molecular formula is C24H15ClFNO. The van der Waals surface area contributed by atoms with Crippen LogP contribution in [0.25, 0.3) is 33.6 Å². The lowest BCUT2D eigenvalue weighted by Gasteiger charge is -2.23. The number of fused-ring (bicyclic) bond motifs is 3. The minimum Gasteiger partial charge on any atom is -0.488 e. The van der Waals surface area contributed by atoms with E-state index < -0.39 is 0 Å². The van der Waals surface area contributed by atoms with Gasteiger partial charge in [-0.3, -0.25) is 0 Å². The number of benzene rings is 3. The number of hydrogen-bond acceptors (Lipinski definition) is 2. The number of nitrogens with zero attached hydrogens (tertiary/aromatic N) is 1. The van der Waals surface area contributed by atoms with Crippen LogP contribution in [-0.4, -0.2) is 4.98 Å². The Morgan fingerprint density at radius 3 is 2.32 bits per heavy atom. The van der Waals surface area contributed by atoms with Crippen molar-refractivity contribution in [2.24, 2.45) is 0 Å². The lowest BCUT2D eigenvalue weighted by molar-refractivity contribution is 0.302. The van der Waals surface area contributed by atoms with E-state index in [1.165, 1.54) is 12.1 Å². The molecule has 1 aliphatic rings. The quantitative estimate of drug-likeness (QED) is 0.378. The number of halogens is 2. The van der Waals surface area contributed by atoms with Gasteiger partial charge in [0.15, 0.2) is 0 Å². The minimum atomic E-state index is -0.258. The highest BCUT2D eigenvalue weighted by Gasteiger charge is 2.23. The van der Waals surface area contributed by atoms with Crippen LogP contribution in [0.15, 0.2) is 78.9 Å². The van der Waals surface area contributed by atoms with Gasteiger partial charge in [0.25, 0.3) is 0 Å². The maximum atomic E-state index is 13.5. The van der Waals surface area contributed by atoms with Crippen LogP contribution in [0.2, 0.25) is 5.02 Å². The molecule has 136 valence electrons. The Kier molecular flexibility index (Phi) is 4.10. The highest BCUT2D eigenvalue weighted by atomic mass is 35.5. The molecule has 0 saturated carbocycles. The molecule has 1 aliphatic heterocycles. The second-order valence-electron chi connectivity index (χ2n) is 6.68. The molecule has 2 nitrogen and oxygen atoms in total. The summed E-state index contributed by atoms with van der Waals surface area (Å²) in [6, 6.07) is 24.1. The van der Waals surface area contributed by atoms with E-state index in [1.54, 1.807) is 12.1 Å². The average molecular weight is 388 g/mol. The van der Waals surface area contributed by atoms with Crippen LogP contribution in [0, 0.1) is 5.82 Å². The second kappa shape index (κ2) is 6.77. The van der Waals surface area contributed by atoms with E-state index in [0.717, 1.165) is 45.0 Å². The monoisotopic (exact) mass is 387 g/mol. The molecule has 2 heterocycles. The summed E-state index contributed by atoms with van der Waals surface area (Å²) in [6.07, 6.45) is 0. The lowest BCUT2D eigenvalue weighted by atomic mass is 9.92. The molecule has 0 N–H and O–H groups in total. The maximum Gasteiger partial charge on any atom is 0.129 e. The van der Waals surface area contributed by atoms with Gasteiger partial charge < -0.3 is 4.74 Å². The first-order valence-corrected chi connectivity index (χ1v) is 9.35. The van der Waals surface area contributed by atoms with E-state index in [2.05, 4.69) is 0 Å². The van der Waals surface area contributed by atoms with Crippen molar-refractivity contribution in [3.05, 3.63) is 95.3 Å². The van der Waals surface area contributed by atoms with Crippen molar-refractivity contribution < 1.29 is 9.13 Å². The Hall–Kier alpha value is -3.17. The van der Waals surface area contributed by atoms with Crippen molar-refractivity contribution in [2.45, 2.75) is 6.61 Å². The number of rotatable bonds is 2. The first-order valence-electron chi connectivity index (χ1n) is 8.97. The lowest BCUT2D eigenvalue weighted by Crippen LogP contribution is -2.09. The Morgan fingerprint density at radius 2 is 1.54 bits per heavy atom. The van der Waals surface area contributed by atoms with Crippen LogP contribution in [0.1, 0.15) is 5.56 Å². The topological polar surface area (TPSA) is 22.1 Å². The van der Waals surface area contributed by atoms with Crippen LogP contribution in [0.5, 0.6) is 5.75 Å². The first-order chi connectivity index (χ1) is 13.7. The van der Waals surface area contributed by atoms with Crippen LogP contribution < -0.4 is 4.74 Å². The molecule has 0 atom stereocenters. The van der Waals surface area contributed by atoms with Gasteiger partial charge in [-0.2, -0.15) is 0 Å². The fourth-order valence-corrected chi connectivity index (χ4v) is 3.66. The molecule has 0 fully saturated rings. The SMILES string of the molecule is Fc1ccc(-c2cc(-c3ccc(Cl)cc3)nc3c2COc2ccccc2-3)cc1. The zero-order chi connectivity index (χ0) is 19.1. The van der Waals surface area contributed by atoms with Crippen molar-refractivity contribution in [3.8, 4) is 39.4 Å². The predicted molar refractivity (Wildman–Crippen MR) is 110 cm³/mol. The molecule has 3 aromatic carbocycles. The molecule has 0 aliphatic carbocycles. The molecular weight excluding hydrogens is 373 g/mol. The van der Waals surface area contributed by atoms with Gasteiger partial charge in [0.2, 0.25) is 0 Å². The number of pyridine rings is 1. The van der Waals surface area contributed by atoms with Crippen LogP contribution in [-0.2, 0) is 6.61 Å². The van der Waals surface area contributed by atoms with Crippen molar-refractivity contribution in [3.63, 3.8) is 0 Å². The molecule has 0 unspecified atom stereocenters. The Labute approximate surface area is 167 Å². The van der Waals surface area contributed by atoms with Gasteiger partial charge in [-0.05, 0) is 53.6 Å². The first kappa shape index (κ1) is 17.0. The van der Waals surface area contributed by atoms with E-state index in [4.69, 9.17) is 21.3 Å². The summed E-state index contributed by atoms with van der Waals surface area (Å²) in [7, 11) is 0. The van der Waals surface area contributed by atoms with E-state index in [-0.39, 0.29) is 5.82 Å². The van der Waals surface area contributed by atoms with Crippen LogP contribution >= 0.6 is 11.6 Å². The van der Waals surface area contributed by atoms with Crippen molar-refractivity contribution in [1.82, 2.24) is 4.98 Å². The zero-order valence-electron chi connectivity index (χ0n) is 14.8. The fraction of sp³-hybridized carbons (Fsp3) is 0.0417. The van der Waals surface area contributed by atoms with E-state index in [9.17, 15) is 4.39 Å². The third-order valence-corrected chi connectivity index (χ3v) is 5.19. The standard InChI is InChI=1S/C24H15ClFNO/c25-17-9-5-16(6-10-17)22-13-20(15-7-11-18(26)12-8-15)21-14-28-23-4-2-1-3-19(23)24(21)27-22/h1-13H,14H2. The van der Waals surface area contributed by atoms with Gasteiger partial charge in [-0.1, -0.05) is 48.0 Å². The fourth-order valence-electron chi connectivity index (χ4n) is 3.53. The summed E-state index contributed by atoms with van der Waals surface area (Å²) in [5.74, 6) is 0.562. The average Bonchev–Trinajstić information content (AvgIpc) is 2.74. The normalized spacial score (nSPS) is 12.1. The van der Waals surface area contributed by atoms with Gasteiger partial charge in [0, 0.05) is 21.7 Å². The van der Waals surface area contributed by atoms with Gasteiger partial charge in [-0.15, -0.1) is 0 Å². The molecule has 0 amide bonds. The number of ether oxygens (including phenoxy) is 1. The summed E-state index contributed by atoms with van der Waals surface area (Å²) in [5.41, 5.74) is 6.59. The third kappa shape index (κ3) is 2.94. The highest BCUT2D eigenvalue weighted by Crippen LogP contribution is 2.42. The van der Waals surface area contributed by atoms with E-state index >= 15 is 0 Å². The molecule has 0 spiro atoms. The Bertz CT molecular complexity index is 1170.